The summed E-state index contributed by atoms with van der Waals surface area (Å²) in [5, 5.41) is 35.1. The third-order valence-electron chi connectivity index (χ3n) is 9.43. The van der Waals surface area contributed by atoms with E-state index in [2.05, 4.69) is 0 Å². The van der Waals surface area contributed by atoms with Crippen molar-refractivity contribution < 1.29 is 33.8 Å². The normalized spacial score (nSPS) is 44.5. The third-order valence-corrected chi connectivity index (χ3v) is 10.3. The van der Waals surface area contributed by atoms with Crippen molar-refractivity contribution >= 4 is 23.1 Å². The topological polar surface area (TPSA) is 98.1 Å². The Labute approximate surface area is 206 Å². The Morgan fingerprint density at radius 1 is 1.29 bits per heavy atom. The number of carboxylic acids is 1. The lowest BCUT2D eigenvalue weighted by molar-refractivity contribution is -0.204. The number of carboxylic acid groups (broad SMARTS) is 1. The largest absolute Gasteiger partial charge is 0.481 e. The fraction of sp³-hybridized carbons (Fsp3) is 0.615. The Bertz CT molecular complexity index is 1090. The number of hydroxylamine groups is 2. The molecule has 0 bridgehead atoms. The van der Waals surface area contributed by atoms with Gasteiger partial charge in [-0.1, -0.05) is 19.1 Å². The molecule has 35 heavy (non-hydrogen) atoms. The average molecular weight is 508 g/mol. The number of carbonyl (C=O) groups is 2. The number of hydrogen-bond donors (Lipinski definition) is 3. The summed E-state index contributed by atoms with van der Waals surface area (Å²) < 4.78 is 32.7. The summed E-state index contributed by atoms with van der Waals surface area (Å²) in [7, 11) is 0. The van der Waals surface area contributed by atoms with Gasteiger partial charge in [-0.3, -0.25) is 9.59 Å². The Kier molecular flexibility index (Phi) is 5.86. The van der Waals surface area contributed by atoms with E-state index in [0.29, 0.717) is 6.42 Å². The maximum Gasteiger partial charge on any atom is 0.307 e. The number of nitrogens with zero attached hydrogens (tertiary/aromatic N) is 1. The standard InChI is InChI=1S/C26H31F2NO5S/c1-24-11-21(31)26(28)18(10-20(27)19-9-15(30)5-6-25(19,26)2)17(24)8-14(22(24)23(32)33)12-29(34)13-16-4-3-7-35-16/h3-7,9,14,17-18,20-22,31,34H,8,10-13H2,1-2H3,(H,32,33). The van der Waals surface area contributed by atoms with Crippen LogP contribution in [0.25, 0.3) is 0 Å². The monoisotopic (exact) mass is 507 g/mol. The summed E-state index contributed by atoms with van der Waals surface area (Å²) in [5.74, 6) is -4.30. The van der Waals surface area contributed by atoms with Crippen molar-refractivity contribution in [2.45, 2.75) is 57.6 Å². The zero-order valence-electron chi connectivity index (χ0n) is 19.7. The number of aliphatic carboxylic acids is 1. The van der Waals surface area contributed by atoms with Crippen molar-refractivity contribution in [3.63, 3.8) is 0 Å². The number of allylic oxidation sites excluding steroid dienone is 4. The van der Waals surface area contributed by atoms with Crippen molar-refractivity contribution in [1.82, 2.24) is 5.06 Å². The number of fused-ring (bicyclic) bond motifs is 5. The Balaban J connectivity index is 1.50. The van der Waals surface area contributed by atoms with Gasteiger partial charge in [0.1, 0.15) is 6.17 Å². The van der Waals surface area contributed by atoms with Gasteiger partial charge in [0.2, 0.25) is 0 Å². The highest BCUT2D eigenvalue weighted by Gasteiger charge is 2.73. The minimum absolute atomic E-state index is 0.0493. The quantitative estimate of drug-likeness (QED) is 0.517. The van der Waals surface area contributed by atoms with Gasteiger partial charge in [-0.15, -0.1) is 11.3 Å². The number of aliphatic hydroxyl groups is 1. The molecular weight excluding hydrogens is 476 g/mol. The highest BCUT2D eigenvalue weighted by molar-refractivity contribution is 7.09. The second-order valence-corrected chi connectivity index (χ2v) is 12.2. The maximum absolute atomic E-state index is 17.2. The van der Waals surface area contributed by atoms with Crippen LogP contribution in [0.5, 0.6) is 0 Å². The molecule has 3 N–H and O–H groups in total. The van der Waals surface area contributed by atoms with E-state index in [1.807, 2.05) is 17.5 Å². The second kappa shape index (κ2) is 8.30. The lowest BCUT2D eigenvalue weighted by Crippen LogP contribution is -2.68. The van der Waals surface area contributed by atoms with E-state index in [-0.39, 0.29) is 31.5 Å². The van der Waals surface area contributed by atoms with Gasteiger partial charge in [0.15, 0.2) is 11.5 Å². The van der Waals surface area contributed by atoms with Crippen LogP contribution < -0.4 is 0 Å². The van der Waals surface area contributed by atoms with Crippen molar-refractivity contribution in [2.75, 3.05) is 6.54 Å². The first kappa shape index (κ1) is 24.7. The molecule has 0 aliphatic heterocycles. The average Bonchev–Trinajstić information content (AvgIpc) is 3.37. The van der Waals surface area contributed by atoms with Gasteiger partial charge < -0.3 is 15.4 Å². The van der Waals surface area contributed by atoms with Gasteiger partial charge in [0.25, 0.3) is 0 Å². The minimum Gasteiger partial charge on any atom is -0.481 e. The summed E-state index contributed by atoms with van der Waals surface area (Å²) in [6, 6.07) is 3.75. The molecule has 1 heterocycles. The van der Waals surface area contributed by atoms with Crippen LogP contribution in [0.15, 0.2) is 41.3 Å². The summed E-state index contributed by atoms with van der Waals surface area (Å²) in [5.41, 5.74) is -4.65. The molecule has 4 aliphatic carbocycles. The fourth-order valence-corrected chi connectivity index (χ4v) is 8.68. The predicted molar refractivity (Wildman–Crippen MR) is 125 cm³/mol. The lowest BCUT2D eigenvalue weighted by atomic mass is 9.45. The molecule has 9 heteroatoms. The molecule has 5 rings (SSSR count). The number of aliphatic hydroxyl groups excluding tert-OH is 1. The summed E-state index contributed by atoms with van der Waals surface area (Å²) in [4.78, 5) is 25.4. The number of halogens is 2. The molecule has 1 aromatic heterocycles. The van der Waals surface area contributed by atoms with E-state index in [1.54, 1.807) is 6.92 Å². The SMILES string of the molecule is CC12CC(O)C3(F)C(CC(F)C4=CC(=O)C=CC43C)C1CC(CN(O)Cc1cccs1)C2C(=O)O. The number of thiophene rings is 1. The smallest absolute Gasteiger partial charge is 0.307 e. The van der Waals surface area contributed by atoms with E-state index in [0.717, 1.165) is 16.0 Å². The molecule has 3 fully saturated rings. The van der Waals surface area contributed by atoms with E-state index < -0.39 is 64.2 Å². The van der Waals surface area contributed by atoms with Gasteiger partial charge >= 0.3 is 5.97 Å². The van der Waals surface area contributed by atoms with Gasteiger partial charge in [0.05, 0.1) is 18.6 Å². The number of alkyl halides is 2. The molecule has 6 nitrogen and oxygen atoms in total. The number of hydrogen-bond acceptors (Lipinski definition) is 6. The molecule has 0 aromatic carbocycles. The van der Waals surface area contributed by atoms with Crippen LogP contribution in [0.2, 0.25) is 0 Å². The fourth-order valence-electron chi connectivity index (χ4n) is 7.97. The first-order valence-corrected chi connectivity index (χ1v) is 12.9. The van der Waals surface area contributed by atoms with Gasteiger partial charge in [-0.2, -0.15) is 5.06 Å². The highest BCUT2D eigenvalue weighted by Crippen LogP contribution is 2.70. The first-order valence-electron chi connectivity index (χ1n) is 12.1. The van der Waals surface area contributed by atoms with Crippen LogP contribution in [0, 0.1) is 34.5 Å². The van der Waals surface area contributed by atoms with Crippen molar-refractivity contribution in [3.05, 3.63) is 46.2 Å². The van der Waals surface area contributed by atoms with Crippen LogP contribution in [-0.2, 0) is 16.1 Å². The van der Waals surface area contributed by atoms with Gasteiger partial charge in [-0.25, -0.2) is 8.78 Å². The molecule has 9 unspecified atom stereocenters. The maximum atomic E-state index is 17.2. The minimum atomic E-state index is -2.24. The molecule has 190 valence electrons. The Morgan fingerprint density at radius 2 is 2.03 bits per heavy atom. The van der Waals surface area contributed by atoms with E-state index in [4.69, 9.17) is 0 Å². The number of carbonyl (C=O) groups excluding carboxylic acids is 1. The van der Waals surface area contributed by atoms with E-state index in [9.17, 15) is 25.0 Å². The summed E-state index contributed by atoms with van der Waals surface area (Å²) in [6.07, 6.45) is 0.678. The summed E-state index contributed by atoms with van der Waals surface area (Å²) >= 11 is 1.48. The molecule has 0 radical (unpaired) electrons. The van der Waals surface area contributed by atoms with Crippen LogP contribution in [0.1, 0.15) is 38.0 Å². The Hall–Kier alpha value is -1.94. The third kappa shape index (κ3) is 3.49. The molecule has 3 saturated carbocycles. The van der Waals surface area contributed by atoms with Crippen LogP contribution in [0.3, 0.4) is 0 Å². The van der Waals surface area contributed by atoms with E-state index >= 15 is 8.78 Å². The molecule has 4 aliphatic rings. The zero-order valence-corrected chi connectivity index (χ0v) is 20.5. The van der Waals surface area contributed by atoms with E-state index in [1.165, 1.54) is 30.4 Å². The molecule has 0 spiro atoms. The molecule has 9 atom stereocenters. The van der Waals surface area contributed by atoms with Gasteiger partial charge in [0, 0.05) is 22.8 Å². The van der Waals surface area contributed by atoms with Crippen LogP contribution >= 0.6 is 11.3 Å². The van der Waals surface area contributed by atoms with Crippen molar-refractivity contribution in [2.24, 2.45) is 34.5 Å². The molecule has 0 saturated heterocycles. The summed E-state index contributed by atoms with van der Waals surface area (Å²) in [6.45, 7) is 3.63. The number of ketones is 1. The van der Waals surface area contributed by atoms with Crippen LogP contribution in [0.4, 0.5) is 8.78 Å². The van der Waals surface area contributed by atoms with Crippen molar-refractivity contribution in [1.29, 1.82) is 0 Å². The molecule has 0 amide bonds. The van der Waals surface area contributed by atoms with Gasteiger partial charge in [-0.05, 0) is 72.6 Å². The predicted octanol–water partition coefficient (Wildman–Crippen LogP) is 4.19. The second-order valence-electron chi connectivity index (χ2n) is 11.2. The highest BCUT2D eigenvalue weighted by atomic mass is 32.1. The molecule has 1 aromatic rings. The number of rotatable bonds is 5. The van der Waals surface area contributed by atoms with Crippen LogP contribution in [-0.4, -0.2) is 56.7 Å². The first-order chi connectivity index (χ1) is 16.4. The lowest BCUT2D eigenvalue weighted by Gasteiger charge is -2.62. The Morgan fingerprint density at radius 3 is 2.69 bits per heavy atom. The zero-order chi connectivity index (χ0) is 25.3. The molecular formula is C26H31F2NO5S. The van der Waals surface area contributed by atoms with Crippen molar-refractivity contribution in [3.8, 4) is 0 Å².